The van der Waals surface area contributed by atoms with Gasteiger partial charge in [-0.3, -0.25) is 9.48 Å². The number of anilines is 1. The molecule has 0 fully saturated rings. The highest BCUT2D eigenvalue weighted by atomic mass is 19.3. The van der Waals surface area contributed by atoms with Crippen LogP contribution in [0.2, 0.25) is 0 Å². The van der Waals surface area contributed by atoms with Crippen LogP contribution in [0.5, 0.6) is 5.75 Å². The summed E-state index contributed by atoms with van der Waals surface area (Å²) in [6.07, 6.45) is -2.66. The van der Waals surface area contributed by atoms with Crippen LogP contribution in [0.15, 0.2) is 24.3 Å². The molecular weight excluding hydrogens is 304 g/mol. The van der Waals surface area contributed by atoms with E-state index in [1.165, 1.54) is 17.9 Å². The zero-order chi connectivity index (χ0) is 17.1. The number of amides is 1. The molecule has 0 aliphatic heterocycles. The normalized spacial score (nSPS) is 12.3. The number of hydrogen-bond acceptors (Lipinski definition) is 3. The van der Waals surface area contributed by atoms with Crippen molar-refractivity contribution in [2.24, 2.45) is 0 Å². The fourth-order valence-electron chi connectivity index (χ4n) is 2.28. The first-order valence-corrected chi connectivity index (χ1v) is 7.13. The molecule has 0 bridgehead atoms. The van der Waals surface area contributed by atoms with Crippen LogP contribution in [-0.4, -0.2) is 22.8 Å². The second-order valence-corrected chi connectivity index (χ2v) is 5.32. The average molecular weight is 323 g/mol. The van der Waals surface area contributed by atoms with E-state index in [0.717, 1.165) is 5.56 Å². The number of ether oxygens (including phenoxy) is 1. The summed E-state index contributed by atoms with van der Waals surface area (Å²) in [5.41, 5.74) is 1.65. The molecule has 1 unspecified atom stereocenters. The fraction of sp³-hybridized carbons (Fsp3) is 0.375. The Balaban J connectivity index is 2.22. The molecule has 5 nitrogen and oxygen atoms in total. The minimum atomic E-state index is -2.66. The number of carbonyl (C=O) groups is 1. The van der Waals surface area contributed by atoms with Crippen molar-refractivity contribution in [1.82, 2.24) is 9.78 Å². The Hall–Kier alpha value is -2.44. The van der Waals surface area contributed by atoms with E-state index in [1.807, 2.05) is 13.0 Å². The van der Waals surface area contributed by atoms with Gasteiger partial charge in [-0.25, -0.2) is 8.78 Å². The molecule has 7 heteroatoms. The number of benzene rings is 1. The van der Waals surface area contributed by atoms with Gasteiger partial charge in [0.05, 0.1) is 12.8 Å². The van der Waals surface area contributed by atoms with Gasteiger partial charge in [0, 0.05) is 5.69 Å². The minimum absolute atomic E-state index is 0.338. The van der Waals surface area contributed by atoms with Gasteiger partial charge in [0.15, 0.2) is 0 Å². The number of methoxy groups -OCH3 is 1. The van der Waals surface area contributed by atoms with Crippen molar-refractivity contribution < 1.29 is 18.3 Å². The van der Waals surface area contributed by atoms with Gasteiger partial charge < -0.3 is 10.1 Å². The van der Waals surface area contributed by atoms with E-state index >= 15 is 0 Å². The van der Waals surface area contributed by atoms with E-state index < -0.39 is 12.5 Å². The molecule has 124 valence electrons. The van der Waals surface area contributed by atoms with Crippen LogP contribution < -0.4 is 10.1 Å². The number of halogens is 2. The third kappa shape index (κ3) is 3.67. The molecule has 23 heavy (non-hydrogen) atoms. The van der Waals surface area contributed by atoms with Crippen LogP contribution in [0.3, 0.4) is 0 Å². The number of hydrogen-bond donors (Lipinski definition) is 1. The number of nitrogens with one attached hydrogen (secondary N) is 1. The Morgan fingerprint density at radius 1 is 1.30 bits per heavy atom. The van der Waals surface area contributed by atoms with Gasteiger partial charge >= 0.3 is 0 Å². The highest BCUT2D eigenvalue weighted by molar-refractivity contribution is 5.94. The second kappa shape index (κ2) is 6.76. The number of alkyl halides is 2. The summed E-state index contributed by atoms with van der Waals surface area (Å²) in [5.74, 6) is 0.169. The zero-order valence-corrected chi connectivity index (χ0v) is 13.4. The molecule has 1 aromatic carbocycles. The lowest BCUT2D eigenvalue weighted by Gasteiger charge is -2.16. The van der Waals surface area contributed by atoms with Gasteiger partial charge in [-0.15, -0.1) is 0 Å². The summed E-state index contributed by atoms with van der Waals surface area (Å²) < 4.78 is 31.9. The number of nitrogens with zero attached hydrogens (tertiary/aromatic N) is 2. The van der Waals surface area contributed by atoms with E-state index in [2.05, 4.69) is 10.4 Å². The molecule has 0 spiro atoms. The molecule has 1 aromatic heterocycles. The standard InChI is InChI=1S/C16H19F2N3O2/c1-9-5-6-14(23-4)12(7-9)19-16(22)11(3)21-10(2)8-13(20-21)15(17)18/h5-8,11,15H,1-4H3,(H,19,22). The molecule has 2 aromatic rings. The Morgan fingerprint density at radius 2 is 2.00 bits per heavy atom. The largest absolute Gasteiger partial charge is 0.495 e. The smallest absolute Gasteiger partial charge is 0.282 e. The molecule has 0 saturated heterocycles. The lowest BCUT2D eigenvalue weighted by Crippen LogP contribution is -2.25. The first-order chi connectivity index (χ1) is 10.8. The van der Waals surface area contributed by atoms with Crippen molar-refractivity contribution in [1.29, 1.82) is 0 Å². The van der Waals surface area contributed by atoms with Gasteiger partial charge in [-0.05, 0) is 44.5 Å². The quantitative estimate of drug-likeness (QED) is 0.914. The first kappa shape index (κ1) is 16.9. The van der Waals surface area contributed by atoms with Crippen LogP contribution in [0.1, 0.15) is 36.3 Å². The van der Waals surface area contributed by atoms with Crippen LogP contribution in [-0.2, 0) is 4.79 Å². The van der Waals surface area contributed by atoms with E-state index in [0.29, 0.717) is 17.1 Å². The second-order valence-electron chi connectivity index (χ2n) is 5.32. The maximum atomic E-state index is 12.7. The Bertz CT molecular complexity index is 713. The third-order valence-corrected chi connectivity index (χ3v) is 3.52. The molecule has 1 atom stereocenters. The highest BCUT2D eigenvalue weighted by Gasteiger charge is 2.22. The molecule has 2 rings (SSSR count). The first-order valence-electron chi connectivity index (χ1n) is 7.13. The van der Waals surface area contributed by atoms with E-state index in [1.54, 1.807) is 26.0 Å². The molecule has 0 radical (unpaired) electrons. The molecule has 1 amide bonds. The summed E-state index contributed by atoms with van der Waals surface area (Å²) in [4.78, 5) is 12.4. The Morgan fingerprint density at radius 3 is 2.57 bits per heavy atom. The van der Waals surface area contributed by atoms with Crippen molar-refractivity contribution in [3.05, 3.63) is 41.2 Å². The molecule has 0 aliphatic rings. The lowest BCUT2D eigenvalue weighted by atomic mass is 10.2. The third-order valence-electron chi connectivity index (χ3n) is 3.52. The van der Waals surface area contributed by atoms with Gasteiger partial charge in [0.2, 0.25) is 5.91 Å². The summed E-state index contributed by atoms with van der Waals surface area (Å²) in [7, 11) is 1.51. The van der Waals surface area contributed by atoms with Gasteiger partial charge in [0.1, 0.15) is 17.5 Å². The highest BCUT2D eigenvalue weighted by Crippen LogP contribution is 2.27. The van der Waals surface area contributed by atoms with Crippen LogP contribution in [0.25, 0.3) is 0 Å². The summed E-state index contributed by atoms with van der Waals surface area (Å²) in [6.45, 7) is 5.13. The van der Waals surface area contributed by atoms with Crippen LogP contribution in [0.4, 0.5) is 14.5 Å². The Labute approximate surface area is 133 Å². The van der Waals surface area contributed by atoms with Crippen LogP contribution >= 0.6 is 0 Å². The van der Waals surface area contributed by atoms with Crippen LogP contribution in [0, 0.1) is 13.8 Å². The summed E-state index contributed by atoms with van der Waals surface area (Å²) in [5, 5.41) is 6.56. The SMILES string of the molecule is COc1ccc(C)cc1NC(=O)C(C)n1nc(C(F)F)cc1C. The molecule has 1 heterocycles. The number of aromatic nitrogens is 2. The van der Waals surface area contributed by atoms with Crippen molar-refractivity contribution in [2.45, 2.75) is 33.2 Å². The lowest BCUT2D eigenvalue weighted by molar-refractivity contribution is -0.119. The van der Waals surface area contributed by atoms with Gasteiger partial charge in [-0.1, -0.05) is 6.07 Å². The maximum Gasteiger partial charge on any atom is 0.282 e. The van der Waals surface area contributed by atoms with Crippen molar-refractivity contribution in [3.63, 3.8) is 0 Å². The van der Waals surface area contributed by atoms with Gasteiger partial charge in [0.25, 0.3) is 6.43 Å². The molecule has 0 aliphatic carbocycles. The average Bonchev–Trinajstić information content (AvgIpc) is 2.89. The number of aryl methyl sites for hydroxylation is 2. The maximum absolute atomic E-state index is 12.7. The van der Waals surface area contributed by atoms with Gasteiger partial charge in [-0.2, -0.15) is 5.10 Å². The topological polar surface area (TPSA) is 56.1 Å². The predicted molar refractivity (Wildman–Crippen MR) is 83.0 cm³/mol. The molecular formula is C16H19F2N3O2. The summed E-state index contributed by atoms with van der Waals surface area (Å²) >= 11 is 0. The predicted octanol–water partition coefficient (Wildman–Crippen LogP) is 3.65. The van der Waals surface area contributed by atoms with E-state index in [9.17, 15) is 13.6 Å². The number of rotatable bonds is 5. The van der Waals surface area contributed by atoms with Crippen molar-refractivity contribution >= 4 is 11.6 Å². The Kier molecular flexibility index (Phi) is 4.98. The molecule has 1 N–H and O–H groups in total. The molecule has 0 saturated carbocycles. The monoisotopic (exact) mass is 323 g/mol. The van der Waals surface area contributed by atoms with Crippen molar-refractivity contribution in [3.8, 4) is 5.75 Å². The zero-order valence-electron chi connectivity index (χ0n) is 13.4. The van der Waals surface area contributed by atoms with Crippen molar-refractivity contribution in [2.75, 3.05) is 12.4 Å². The fourth-order valence-corrected chi connectivity index (χ4v) is 2.28. The summed E-state index contributed by atoms with van der Waals surface area (Å²) in [6, 6.07) is 5.95. The van der Waals surface area contributed by atoms with E-state index in [4.69, 9.17) is 4.74 Å². The number of carbonyl (C=O) groups excluding carboxylic acids is 1. The minimum Gasteiger partial charge on any atom is -0.495 e. The van der Waals surface area contributed by atoms with E-state index in [-0.39, 0.29) is 11.6 Å².